The highest BCUT2D eigenvalue weighted by Gasteiger charge is 2.25. The van der Waals surface area contributed by atoms with Crippen molar-refractivity contribution >= 4 is 5.91 Å². The summed E-state index contributed by atoms with van der Waals surface area (Å²) in [6, 6.07) is 5.97. The number of aliphatic hydroxyl groups is 1. The summed E-state index contributed by atoms with van der Waals surface area (Å²) in [6.07, 6.45) is 1.15. The third kappa shape index (κ3) is 3.63. The van der Waals surface area contributed by atoms with Gasteiger partial charge in [0.2, 0.25) is 0 Å². The molecule has 1 saturated heterocycles. The van der Waals surface area contributed by atoms with E-state index in [1.165, 1.54) is 18.3 Å². The van der Waals surface area contributed by atoms with Crippen LogP contribution in [0.3, 0.4) is 0 Å². The van der Waals surface area contributed by atoms with Crippen molar-refractivity contribution in [3.8, 4) is 11.3 Å². The van der Waals surface area contributed by atoms with E-state index in [2.05, 4.69) is 15.1 Å². The minimum atomic E-state index is -0.369. The molecule has 1 aliphatic heterocycles. The zero-order valence-corrected chi connectivity index (χ0v) is 13.6. The highest BCUT2D eigenvalue weighted by Crippen LogP contribution is 2.23. The van der Waals surface area contributed by atoms with Crippen LogP contribution in [0, 0.1) is 5.82 Å². The number of H-pyrrole nitrogens is 1. The number of rotatable bonds is 4. The van der Waals surface area contributed by atoms with Crippen molar-refractivity contribution in [1.29, 1.82) is 0 Å². The molecule has 0 saturated carbocycles. The van der Waals surface area contributed by atoms with Crippen LogP contribution in [0.1, 0.15) is 17.3 Å². The summed E-state index contributed by atoms with van der Waals surface area (Å²) in [5.41, 5.74) is 1.82. The molecule has 7 heteroatoms. The van der Waals surface area contributed by atoms with Gasteiger partial charge in [-0.2, -0.15) is 5.10 Å². The predicted molar refractivity (Wildman–Crippen MR) is 88.0 cm³/mol. The van der Waals surface area contributed by atoms with E-state index in [1.54, 1.807) is 24.0 Å². The fraction of sp³-hybridized carbons (Fsp3) is 0.412. The smallest absolute Gasteiger partial charge is 0.257 e. The predicted octanol–water partition coefficient (Wildman–Crippen LogP) is 1.35. The highest BCUT2D eigenvalue weighted by atomic mass is 19.1. The van der Waals surface area contributed by atoms with Crippen molar-refractivity contribution < 1.29 is 14.3 Å². The summed E-state index contributed by atoms with van der Waals surface area (Å²) in [5, 5.41) is 16.3. The van der Waals surface area contributed by atoms with E-state index in [1.807, 2.05) is 0 Å². The number of aromatic amines is 1. The normalized spacial score (nSPS) is 17.0. The van der Waals surface area contributed by atoms with Crippen LogP contribution >= 0.6 is 0 Å². The van der Waals surface area contributed by atoms with Gasteiger partial charge < -0.3 is 10.0 Å². The molecular formula is C17H21FN4O2. The van der Waals surface area contributed by atoms with Crippen LogP contribution in [-0.4, -0.2) is 69.8 Å². The van der Waals surface area contributed by atoms with Gasteiger partial charge in [-0.15, -0.1) is 0 Å². The Morgan fingerprint density at radius 1 is 1.29 bits per heavy atom. The van der Waals surface area contributed by atoms with Crippen molar-refractivity contribution in [2.24, 2.45) is 0 Å². The van der Waals surface area contributed by atoms with Crippen molar-refractivity contribution in [3.05, 3.63) is 41.8 Å². The molecular weight excluding hydrogens is 311 g/mol. The number of nitrogens with one attached hydrogen (secondary N) is 1. The Balaban J connectivity index is 1.71. The van der Waals surface area contributed by atoms with Gasteiger partial charge in [0, 0.05) is 38.3 Å². The maximum absolute atomic E-state index is 13.1. The monoisotopic (exact) mass is 332 g/mol. The molecule has 1 aromatic carbocycles. The second-order valence-electron chi connectivity index (χ2n) is 6.11. The minimum absolute atomic E-state index is 0.0835. The van der Waals surface area contributed by atoms with Gasteiger partial charge in [0.15, 0.2) is 0 Å². The molecule has 3 rings (SSSR count). The Hall–Kier alpha value is -2.25. The SMILES string of the molecule is C[C@@H](O)CN1CCN(C(=O)c2cn[nH]c2-c2ccc(F)cc2)CC1. The molecule has 2 aromatic rings. The number of carbonyl (C=O) groups is 1. The Labute approximate surface area is 139 Å². The lowest BCUT2D eigenvalue weighted by Gasteiger charge is -2.35. The standard InChI is InChI=1S/C17H21FN4O2/c1-12(23)11-21-6-8-22(9-7-21)17(24)15-10-19-20-16(15)13-2-4-14(18)5-3-13/h2-5,10,12,23H,6-9,11H2,1H3,(H,19,20)/t12-/m1/s1. The van der Waals surface area contributed by atoms with Crippen LogP contribution < -0.4 is 0 Å². The van der Waals surface area contributed by atoms with Gasteiger partial charge >= 0.3 is 0 Å². The molecule has 0 aliphatic carbocycles. The van der Waals surface area contributed by atoms with E-state index >= 15 is 0 Å². The number of piperazine rings is 1. The van der Waals surface area contributed by atoms with Crippen molar-refractivity contribution in [1.82, 2.24) is 20.0 Å². The van der Waals surface area contributed by atoms with E-state index < -0.39 is 0 Å². The average Bonchev–Trinajstić information content (AvgIpc) is 3.04. The molecule has 1 aliphatic rings. The lowest BCUT2D eigenvalue weighted by Crippen LogP contribution is -2.50. The van der Waals surface area contributed by atoms with Crippen LogP contribution in [0.15, 0.2) is 30.5 Å². The van der Waals surface area contributed by atoms with Crippen LogP contribution in [0.25, 0.3) is 11.3 Å². The van der Waals surface area contributed by atoms with Gasteiger partial charge in [-0.1, -0.05) is 0 Å². The number of carbonyl (C=O) groups excluding carboxylic acids is 1. The molecule has 2 heterocycles. The first-order valence-electron chi connectivity index (χ1n) is 8.03. The summed E-state index contributed by atoms with van der Waals surface area (Å²) in [5.74, 6) is -0.403. The minimum Gasteiger partial charge on any atom is -0.392 e. The molecule has 0 bridgehead atoms. The second-order valence-corrected chi connectivity index (χ2v) is 6.11. The highest BCUT2D eigenvalue weighted by molar-refractivity contribution is 5.99. The number of halogens is 1. The first-order chi connectivity index (χ1) is 11.5. The van der Waals surface area contributed by atoms with Gasteiger partial charge in [-0.05, 0) is 31.2 Å². The molecule has 1 amide bonds. The number of nitrogens with zero attached hydrogens (tertiary/aromatic N) is 3. The van der Waals surface area contributed by atoms with Crippen molar-refractivity contribution in [3.63, 3.8) is 0 Å². The number of β-amino-alcohol motifs (C(OH)–C–C–N with tert-alkyl or cyclic N) is 1. The number of aromatic nitrogens is 2. The maximum atomic E-state index is 13.1. The number of aliphatic hydroxyl groups excluding tert-OH is 1. The fourth-order valence-corrected chi connectivity index (χ4v) is 2.96. The van der Waals surface area contributed by atoms with Crippen molar-refractivity contribution in [2.45, 2.75) is 13.0 Å². The molecule has 0 radical (unpaired) electrons. The number of benzene rings is 1. The number of hydrogen-bond acceptors (Lipinski definition) is 4. The fourth-order valence-electron chi connectivity index (χ4n) is 2.96. The number of hydrogen-bond donors (Lipinski definition) is 2. The second kappa shape index (κ2) is 7.11. The molecule has 1 fully saturated rings. The quantitative estimate of drug-likeness (QED) is 0.887. The Kier molecular flexibility index (Phi) is 4.92. The largest absolute Gasteiger partial charge is 0.392 e. The molecule has 0 unspecified atom stereocenters. The summed E-state index contributed by atoms with van der Waals surface area (Å²) < 4.78 is 13.1. The Morgan fingerprint density at radius 2 is 1.96 bits per heavy atom. The van der Waals surface area contributed by atoms with Gasteiger partial charge in [0.1, 0.15) is 5.82 Å². The molecule has 1 aromatic heterocycles. The van der Waals surface area contributed by atoms with E-state index in [4.69, 9.17) is 0 Å². The first-order valence-corrected chi connectivity index (χ1v) is 8.03. The summed E-state index contributed by atoms with van der Waals surface area (Å²) >= 11 is 0. The number of amides is 1. The van der Waals surface area contributed by atoms with E-state index in [0.717, 1.165) is 18.7 Å². The van der Waals surface area contributed by atoms with Crippen LogP contribution in [0.5, 0.6) is 0 Å². The summed E-state index contributed by atoms with van der Waals surface area (Å²) in [6.45, 7) is 5.08. The van der Waals surface area contributed by atoms with Crippen LogP contribution in [0.4, 0.5) is 4.39 Å². The van der Waals surface area contributed by atoms with Gasteiger partial charge in [-0.3, -0.25) is 14.8 Å². The van der Waals surface area contributed by atoms with Gasteiger partial charge in [0.25, 0.3) is 5.91 Å². The molecule has 128 valence electrons. The topological polar surface area (TPSA) is 72.5 Å². The molecule has 24 heavy (non-hydrogen) atoms. The molecule has 1 atom stereocenters. The molecule has 0 spiro atoms. The van der Waals surface area contributed by atoms with Crippen molar-refractivity contribution in [2.75, 3.05) is 32.7 Å². The Morgan fingerprint density at radius 3 is 2.58 bits per heavy atom. The van der Waals surface area contributed by atoms with E-state index in [9.17, 15) is 14.3 Å². The van der Waals surface area contributed by atoms with Crippen LogP contribution in [0.2, 0.25) is 0 Å². The third-order valence-corrected chi connectivity index (χ3v) is 4.18. The summed E-state index contributed by atoms with van der Waals surface area (Å²) in [4.78, 5) is 16.7. The summed E-state index contributed by atoms with van der Waals surface area (Å²) in [7, 11) is 0. The van der Waals surface area contributed by atoms with Gasteiger partial charge in [-0.25, -0.2) is 4.39 Å². The Bertz CT molecular complexity index is 691. The lowest BCUT2D eigenvalue weighted by molar-refractivity contribution is 0.0555. The molecule has 2 N–H and O–H groups in total. The third-order valence-electron chi connectivity index (χ3n) is 4.18. The average molecular weight is 332 g/mol. The lowest BCUT2D eigenvalue weighted by atomic mass is 10.1. The molecule has 6 nitrogen and oxygen atoms in total. The van der Waals surface area contributed by atoms with E-state index in [-0.39, 0.29) is 17.8 Å². The van der Waals surface area contributed by atoms with Crippen LogP contribution in [-0.2, 0) is 0 Å². The van der Waals surface area contributed by atoms with E-state index in [0.29, 0.717) is 30.9 Å². The zero-order valence-electron chi connectivity index (χ0n) is 13.6. The zero-order chi connectivity index (χ0) is 17.1. The van der Waals surface area contributed by atoms with Gasteiger partial charge in [0.05, 0.1) is 23.6 Å². The maximum Gasteiger partial charge on any atom is 0.257 e. The first kappa shape index (κ1) is 16.6.